The largest absolute Gasteiger partial charge is 1.00 e. The zero-order chi connectivity index (χ0) is 17.4. The maximum atomic E-state index is 12.1. The van der Waals surface area contributed by atoms with E-state index in [0.717, 1.165) is 5.75 Å². The van der Waals surface area contributed by atoms with Crippen molar-refractivity contribution in [1.29, 1.82) is 0 Å². The SMILES string of the molecule is CC(COc1ccccc1)[NH2+]CCC(=O)c1cccc([N+](=O)[O-])c1.[Cl-]. The molecule has 0 fully saturated rings. The summed E-state index contributed by atoms with van der Waals surface area (Å²) in [6, 6.07) is 15.6. The smallest absolute Gasteiger partial charge is 0.270 e. The molecule has 0 aliphatic carbocycles. The van der Waals surface area contributed by atoms with Crippen LogP contribution in [0.5, 0.6) is 5.75 Å². The maximum absolute atomic E-state index is 12.1. The number of quaternary nitrogens is 1. The topological polar surface area (TPSA) is 86.0 Å². The number of nitro benzene ring substituents is 1. The van der Waals surface area contributed by atoms with Crippen LogP contribution in [0.3, 0.4) is 0 Å². The van der Waals surface area contributed by atoms with Crippen LogP contribution < -0.4 is 22.5 Å². The number of ether oxygens (including phenoxy) is 1. The molecule has 0 heterocycles. The number of nitrogens with zero attached hydrogens (tertiary/aromatic N) is 1. The molecule has 0 amide bonds. The third-order valence-electron chi connectivity index (χ3n) is 3.58. The summed E-state index contributed by atoms with van der Waals surface area (Å²) in [4.78, 5) is 22.4. The summed E-state index contributed by atoms with van der Waals surface area (Å²) in [7, 11) is 0. The molecule has 0 bridgehead atoms. The van der Waals surface area contributed by atoms with Gasteiger partial charge < -0.3 is 22.5 Å². The molecular weight excluding hydrogens is 344 g/mol. The highest BCUT2D eigenvalue weighted by Gasteiger charge is 2.13. The minimum absolute atomic E-state index is 0. The van der Waals surface area contributed by atoms with Crippen LogP contribution >= 0.6 is 0 Å². The molecule has 2 rings (SSSR count). The first-order chi connectivity index (χ1) is 11.6. The molecule has 2 aromatic carbocycles. The first-order valence-electron chi connectivity index (χ1n) is 7.85. The molecular formula is C18H21ClN2O4. The van der Waals surface area contributed by atoms with Crippen LogP contribution in [0.15, 0.2) is 54.6 Å². The Kier molecular flexibility index (Phi) is 8.60. The zero-order valence-corrected chi connectivity index (χ0v) is 14.7. The van der Waals surface area contributed by atoms with E-state index in [-0.39, 0.29) is 29.9 Å². The number of halogens is 1. The van der Waals surface area contributed by atoms with Crippen LogP contribution in [-0.2, 0) is 0 Å². The predicted octanol–water partition coefficient (Wildman–Crippen LogP) is -0.797. The lowest BCUT2D eigenvalue weighted by molar-refractivity contribution is -0.685. The number of nitrogens with two attached hydrogens (primary N) is 1. The molecule has 0 spiro atoms. The number of hydrogen-bond acceptors (Lipinski definition) is 4. The number of carbonyl (C=O) groups excluding carboxylic acids is 1. The van der Waals surface area contributed by atoms with Crippen LogP contribution in [0, 0.1) is 10.1 Å². The second-order valence-corrected chi connectivity index (χ2v) is 5.61. The highest BCUT2D eigenvalue weighted by Crippen LogP contribution is 2.14. The molecule has 1 unspecified atom stereocenters. The number of rotatable bonds is 9. The average Bonchev–Trinajstić information content (AvgIpc) is 2.61. The summed E-state index contributed by atoms with van der Waals surface area (Å²) in [5.41, 5.74) is 0.320. The van der Waals surface area contributed by atoms with E-state index in [1.807, 2.05) is 42.6 Å². The summed E-state index contributed by atoms with van der Waals surface area (Å²) in [6.45, 7) is 3.19. The number of para-hydroxylation sites is 1. The van der Waals surface area contributed by atoms with E-state index in [0.29, 0.717) is 25.1 Å². The molecule has 134 valence electrons. The van der Waals surface area contributed by atoms with E-state index in [1.54, 1.807) is 6.07 Å². The molecule has 0 aliphatic heterocycles. The Morgan fingerprint density at radius 1 is 1.20 bits per heavy atom. The van der Waals surface area contributed by atoms with Crippen molar-refractivity contribution in [3.8, 4) is 5.75 Å². The summed E-state index contributed by atoms with van der Waals surface area (Å²) >= 11 is 0. The second kappa shape index (κ2) is 10.4. The Bertz CT molecular complexity index is 694. The molecule has 0 aliphatic rings. The standard InChI is InChI=1S/C18H20N2O4.ClH/c1-14(13-24-17-8-3-2-4-9-17)19-11-10-18(21)15-6-5-7-16(12-15)20(22)23;/h2-9,12,14,19H,10-11,13H2,1H3;1H. The van der Waals surface area contributed by atoms with E-state index >= 15 is 0 Å². The first kappa shape index (κ1) is 20.6. The van der Waals surface area contributed by atoms with E-state index in [2.05, 4.69) is 0 Å². The van der Waals surface area contributed by atoms with Gasteiger partial charge in [-0.2, -0.15) is 0 Å². The van der Waals surface area contributed by atoms with Crippen molar-refractivity contribution in [2.24, 2.45) is 0 Å². The average molecular weight is 365 g/mol. The minimum Gasteiger partial charge on any atom is -1.00 e. The van der Waals surface area contributed by atoms with Crippen LogP contribution in [0.4, 0.5) is 5.69 Å². The van der Waals surface area contributed by atoms with Gasteiger partial charge in [0.15, 0.2) is 5.78 Å². The van der Waals surface area contributed by atoms with Crippen molar-refractivity contribution >= 4 is 11.5 Å². The number of carbonyl (C=O) groups is 1. The zero-order valence-electron chi connectivity index (χ0n) is 13.9. The van der Waals surface area contributed by atoms with Gasteiger partial charge in [0, 0.05) is 17.7 Å². The summed E-state index contributed by atoms with van der Waals surface area (Å²) in [6.07, 6.45) is 0.330. The van der Waals surface area contributed by atoms with Gasteiger partial charge in [0.05, 0.1) is 17.9 Å². The lowest BCUT2D eigenvalue weighted by Crippen LogP contribution is -3.00. The Hall–Kier alpha value is -2.44. The van der Waals surface area contributed by atoms with E-state index in [4.69, 9.17) is 4.74 Å². The summed E-state index contributed by atoms with van der Waals surface area (Å²) < 4.78 is 5.66. The van der Waals surface area contributed by atoms with Gasteiger partial charge >= 0.3 is 0 Å². The quantitative estimate of drug-likeness (QED) is 0.359. The van der Waals surface area contributed by atoms with Gasteiger partial charge in [-0.1, -0.05) is 30.3 Å². The lowest BCUT2D eigenvalue weighted by atomic mass is 10.1. The van der Waals surface area contributed by atoms with Crippen molar-refractivity contribution < 1.29 is 32.2 Å². The van der Waals surface area contributed by atoms with Crippen molar-refractivity contribution in [1.82, 2.24) is 0 Å². The van der Waals surface area contributed by atoms with Crippen LogP contribution in [0.1, 0.15) is 23.7 Å². The number of Topliss-reactive ketones (excluding diaryl/α,β-unsaturated/α-hetero) is 1. The normalized spacial score (nSPS) is 11.2. The number of ketones is 1. The van der Waals surface area contributed by atoms with Gasteiger partial charge in [-0.25, -0.2) is 0 Å². The summed E-state index contributed by atoms with van der Waals surface area (Å²) in [5.74, 6) is 0.733. The molecule has 0 radical (unpaired) electrons. The molecule has 0 aromatic heterocycles. The van der Waals surface area contributed by atoms with Gasteiger partial charge in [0.2, 0.25) is 0 Å². The fourth-order valence-corrected chi connectivity index (χ4v) is 2.25. The number of benzene rings is 2. The van der Waals surface area contributed by atoms with Crippen molar-refractivity contribution in [3.63, 3.8) is 0 Å². The molecule has 0 saturated carbocycles. The van der Waals surface area contributed by atoms with Crippen molar-refractivity contribution in [2.75, 3.05) is 13.2 Å². The minimum atomic E-state index is -0.494. The number of hydrogen-bond donors (Lipinski definition) is 1. The fraction of sp³-hybridized carbons (Fsp3) is 0.278. The number of non-ortho nitro benzene ring substituents is 1. The van der Waals surface area contributed by atoms with Gasteiger partial charge in [-0.15, -0.1) is 0 Å². The van der Waals surface area contributed by atoms with E-state index in [9.17, 15) is 14.9 Å². The Labute approximate surface area is 152 Å². The molecule has 2 N–H and O–H groups in total. The predicted molar refractivity (Wildman–Crippen MR) is 90.2 cm³/mol. The fourth-order valence-electron chi connectivity index (χ4n) is 2.25. The van der Waals surface area contributed by atoms with Crippen LogP contribution in [-0.4, -0.2) is 29.9 Å². The lowest BCUT2D eigenvalue weighted by Gasteiger charge is -2.12. The van der Waals surface area contributed by atoms with Gasteiger partial charge in [0.25, 0.3) is 5.69 Å². The first-order valence-corrected chi connectivity index (χ1v) is 7.85. The Morgan fingerprint density at radius 3 is 2.60 bits per heavy atom. The number of nitro groups is 1. The molecule has 1 atom stereocenters. The maximum Gasteiger partial charge on any atom is 0.270 e. The Balaban J connectivity index is 0.00000312. The second-order valence-electron chi connectivity index (χ2n) is 5.61. The van der Waals surface area contributed by atoms with Gasteiger partial charge in [-0.05, 0) is 19.1 Å². The van der Waals surface area contributed by atoms with Gasteiger partial charge in [-0.3, -0.25) is 14.9 Å². The van der Waals surface area contributed by atoms with Crippen LogP contribution in [0.2, 0.25) is 0 Å². The highest BCUT2D eigenvalue weighted by molar-refractivity contribution is 5.96. The molecule has 25 heavy (non-hydrogen) atoms. The molecule has 2 aromatic rings. The van der Waals surface area contributed by atoms with Crippen LogP contribution in [0.25, 0.3) is 0 Å². The van der Waals surface area contributed by atoms with E-state index in [1.165, 1.54) is 18.2 Å². The highest BCUT2D eigenvalue weighted by atomic mass is 35.5. The third-order valence-corrected chi connectivity index (χ3v) is 3.58. The van der Waals surface area contributed by atoms with Gasteiger partial charge in [0.1, 0.15) is 18.4 Å². The molecule has 0 saturated heterocycles. The monoisotopic (exact) mass is 364 g/mol. The Morgan fingerprint density at radius 2 is 1.92 bits per heavy atom. The van der Waals surface area contributed by atoms with Crippen molar-refractivity contribution in [3.05, 3.63) is 70.3 Å². The molecule has 6 nitrogen and oxygen atoms in total. The van der Waals surface area contributed by atoms with E-state index < -0.39 is 4.92 Å². The third kappa shape index (κ3) is 6.91. The molecule has 7 heteroatoms. The summed E-state index contributed by atoms with van der Waals surface area (Å²) in [5, 5.41) is 12.8. The van der Waals surface area contributed by atoms with Crippen molar-refractivity contribution in [2.45, 2.75) is 19.4 Å².